The maximum absolute atomic E-state index is 12.5. The normalized spacial score (nSPS) is 14.3. The van der Waals surface area contributed by atoms with Gasteiger partial charge in [-0.2, -0.15) is 0 Å². The number of carboxylic acids is 2. The van der Waals surface area contributed by atoms with Gasteiger partial charge >= 0.3 is 11.9 Å². The van der Waals surface area contributed by atoms with Gasteiger partial charge in [-0.25, -0.2) is 4.79 Å². The second-order valence-corrected chi connectivity index (χ2v) is 7.52. The lowest BCUT2D eigenvalue weighted by molar-refractivity contribution is -0.143. The van der Waals surface area contributed by atoms with Crippen LogP contribution < -0.4 is 33.2 Å². The van der Waals surface area contributed by atoms with Gasteiger partial charge in [0.1, 0.15) is 18.1 Å². The van der Waals surface area contributed by atoms with Gasteiger partial charge in [0.2, 0.25) is 17.7 Å². The lowest BCUT2D eigenvalue weighted by Crippen LogP contribution is -2.58. The number of nitrogens with two attached hydrogens (primary N) is 3. The van der Waals surface area contributed by atoms with Crippen LogP contribution in [0.1, 0.15) is 33.1 Å². The van der Waals surface area contributed by atoms with E-state index in [1.54, 1.807) is 13.8 Å². The lowest BCUT2D eigenvalue weighted by Gasteiger charge is -2.24. The topological polar surface area (TPSA) is 273 Å². The molecule has 4 atom stereocenters. The van der Waals surface area contributed by atoms with Crippen LogP contribution in [0.15, 0.2) is 4.99 Å². The van der Waals surface area contributed by atoms with Crippen LogP contribution in [0.5, 0.6) is 0 Å². The van der Waals surface area contributed by atoms with E-state index in [0.29, 0.717) is 0 Å². The first-order chi connectivity index (χ1) is 15.3. The molecule has 0 aliphatic rings. The summed E-state index contributed by atoms with van der Waals surface area (Å²) >= 11 is 0. The number of carbonyl (C=O) groups excluding carboxylic acids is 3. The van der Waals surface area contributed by atoms with E-state index in [4.69, 9.17) is 22.3 Å². The molecule has 0 saturated carbocycles. The Labute approximate surface area is 190 Å². The van der Waals surface area contributed by atoms with Gasteiger partial charge < -0.3 is 48.5 Å². The third-order valence-corrected chi connectivity index (χ3v) is 4.41. The number of amides is 3. The van der Waals surface area contributed by atoms with Gasteiger partial charge in [-0.1, -0.05) is 13.8 Å². The number of carbonyl (C=O) groups is 5. The van der Waals surface area contributed by atoms with Crippen LogP contribution in [-0.2, 0) is 24.0 Å². The van der Waals surface area contributed by atoms with Crippen LogP contribution >= 0.6 is 0 Å². The Bertz CT molecular complexity index is 739. The van der Waals surface area contributed by atoms with Gasteiger partial charge in [0, 0.05) is 6.54 Å². The number of aliphatic imine (C=N–C) groups is 1. The van der Waals surface area contributed by atoms with E-state index >= 15 is 0 Å². The second kappa shape index (κ2) is 14.6. The molecule has 0 aliphatic carbocycles. The maximum Gasteiger partial charge on any atom is 0.326 e. The third kappa shape index (κ3) is 11.6. The summed E-state index contributed by atoms with van der Waals surface area (Å²) < 4.78 is 0. The Balaban J connectivity index is 5.21. The van der Waals surface area contributed by atoms with Crippen molar-refractivity contribution in [2.75, 3.05) is 13.2 Å². The highest BCUT2D eigenvalue weighted by Gasteiger charge is 2.31. The molecular formula is C18H33N7O8. The summed E-state index contributed by atoms with van der Waals surface area (Å²) in [5, 5.41) is 34.3. The molecule has 15 heteroatoms. The lowest BCUT2D eigenvalue weighted by atomic mass is 10.0. The monoisotopic (exact) mass is 475 g/mol. The zero-order valence-electron chi connectivity index (χ0n) is 18.5. The van der Waals surface area contributed by atoms with Crippen molar-refractivity contribution in [3.8, 4) is 0 Å². The zero-order chi connectivity index (χ0) is 25.7. The highest BCUT2D eigenvalue weighted by molar-refractivity contribution is 5.95. The molecule has 0 bridgehead atoms. The zero-order valence-corrected chi connectivity index (χ0v) is 18.5. The predicted octanol–water partition coefficient (Wildman–Crippen LogP) is -3.97. The standard InChI is InChI=1S/C18H33N7O8/c1-8(2)13(19)16(31)24-10(6-12(27)28)14(29)25-11(7-26)15(30)23-9(17(32)33)4-3-5-22-18(20)21/h8-11,13,26H,3-7,19H2,1-2H3,(H,23,30)(H,24,31)(H,25,29)(H,27,28)(H,32,33)(H4,20,21,22). The van der Waals surface area contributed by atoms with E-state index in [1.165, 1.54) is 0 Å². The van der Waals surface area contributed by atoms with E-state index in [-0.39, 0.29) is 31.3 Å². The molecule has 0 aromatic carbocycles. The van der Waals surface area contributed by atoms with Gasteiger partial charge in [0.25, 0.3) is 0 Å². The Morgan fingerprint density at radius 1 is 0.879 bits per heavy atom. The molecule has 4 unspecified atom stereocenters. The van der Waals surface area contributed by atoms with Crippen molar-refractivity contribution >= 4 is 35.6 Å². The quantitative estimate of drug-likeness (QED) is 0.0625. The molecule has 0 saturated heterocycles. The highest BCUT2D eigenvalue weighted by Crippen LogP contribution is 2.03. The minimum atomic E-state index is -1.61. The molecule has 0 fully saturated rings. The maximum atomic E-state index is 12.5. The van der Waals surface area contributed by atoms with Crippen molar-refractivity contribution in [2.45, 2.75) is 57.3 Å². The van der Waals surface area contributed by atoms with Gasteiger partial charge in [-0.3, -0.25) is 24.2 Å². The molecular weight excluding hydrogens is 442 g/mol. The Morgan fingerprint density at radius 3 is 1.85 bits per heavy atom. The fraction of sp³-hybridized carbons (Fsp3) is 0.667. The molecule has 0 radical (unpaired) electrons. The average Bonchev–Trinajstić information content (AvgIpc) is 2.71. The number of hydrogen-bond acceptors (Lipinski definition) is 8. The molecule has 0 spiro atoms. The molecule has 0 aliphatic heterocycles. The van der Waals surface area contributed by atoms with Crippen LogP contribution in [0.3, 0.4) is 0 Å². The summed E-state index contributed by atoms with van der Waals surface area (Å²) in [7, 11) is 0. The molecule has 15 nitrogen and oxygen atoms in total. The largest absolute Gasteiger partial charge is 0.481 e. The van der Waals surface area contributed by atoms with Crippen LogP contribution in [-0.4, -0.2) is 88.3 Å². The predicted molar refractivity (Wildman–Crippen MR) is 115 cm³/mol. The Hall–Kier alpha value is -3.46. The number of nitrogens with zero attached hydrogens (tertiary/aromatic N) is 1. The molecule has 3 amide bonds. The van der Waals surface area contributed by atoms with Crippen molar-refractivity contribution < 1.29 is 39.3 Å². The molecule has 0 aromatic heterocycles. The number of guanidine groups is 1. The van der Waals surface area contributed by atoms with Crippen molar-refractivity contribution in [1.82, 2.24) is 16.0 Å². The van der Waals surface area contributed by atoms with Gasteiger partial charge in [-0.05, 0) is 18.8 Å². The van der Waals surface area contributed by atoms with E-state index in [2.05, 4.69) is 20.9 Å². The number of hydrogen-bond donors (Lipinski definition) is 9. The first kappa shape index (κ1) is 29.5. The second-order valence-electron chi connectivity index (χ2n) is 7.52. The Morgan fingerprint density at radius 2 is 1.39 bits per heavy atom. The summed E-state index contributed by atoms with van der Waals surface area (Å²) in [6.45, 7) is 2.51. The van der Waals surface area contributed by atoms with Gasteiger partial charge in [0.05, 0.1) is 19.1 Å². The van der Waals surface area contributed by atoms with Crippen molar-refractivity contribution in [3.05, 3.63) is 0 Å². The van der Waals surface area contributed by atoms with Crippen molar-refractivity contribution in [2.24, 2.45) is 28.1 Å². The van der Waals surface area contributed by atoms with Crippen LogP contribution in [0.4, 0.5) is 0 Å². The number of aliphatic hydroxyl groups is 1. The first-order valence-electron chi connectivity index (χ1n) is 10.1. The molecule has 0 heterocycles. The molecule has 0 aromatic rings. The number of rotatable bonds is 15. The number of nitrogens with one attached hydrogen (secondary N) is 3. The first-order valence-corrected chi connectivity index (χ1v) is 10.1. The van der Waals surface area contributed by atoms with E-state index in [1.807, 2.05) is 0 Å². The number of aliphatic carboxylic acids is 2. The summed E-state index contributed by atoms with van der Waals surface area (Å²) in [6.07, 6.45) is -0.645. The van der Waals surface area contributed by atoms with E-state index in [0.717, 1.165) is 0 Å². The summed E-state index contributed by atoms with van der Waals surface area (Å²) in [5.74, 6) is -6.13. The number of aliphatic hydroxyl groups excluding tert-OH is 1. The van der Waals surface area contributed by atoms with Gasteiger partial charge in [0.15, 0.2) is 5.96 Å². The van der Waals surface area contributed by atoms with E-state index in [9.17, 15) is 34.2 Å². The number of carboxylic acid groups (broad SMARTS) is 2. The minimum Gasteiger partial charge on any atom is -0.481 e. The fourth-order valence-electron chi connectivity index (χ4n) is 2.45. The molecule has 33 heavy (non-hydrogen) atoms. The van der Waals surface area contributed by atoms with Crippen LogP contribution in [0.25, 0.3) is 0 Å². The molecule has 12 N–H and O–H groups in total. The van der Waals surface area contributed by atoms with Crippen LogP contribution in [0, 0.1) is 5.92 Å². The Kier molecular flexibility index (Phi) is 13.0. The molecule has 0 rings (SSSR count). The third-order valence-electron chi connectivity index (χ3n) is 4.41. The van der Waals surface area contributed by atoms with E-state index < -0.39 is 66.9 Å². The summed E-state index contributed by atoms with van der Waals surface area (Å²) in [6, 6.07) is -5.57. The molecule has 188 valence electrons. The highest BCUT2D eigenvalue weighted by atomic mass is 16.4. The smallest absolute Gasteiger partial charge is 0.326 e. The SMILES string of the molecule is CC(C)C(N)C(=O)NC(CC(=O)O)C(=O)NC(CO)C(=O)NC(CCCN=C(N)N)C(=O)O. The van der Waals surface area contributed by atoms with Crippen molar-refractivity contribution in [1.29, 1.82) is 0 Å². The average molecular weight is 476 g/mol. The summed E-state index contributed by atoms with van der Waals surface area (Å²) in [5.41, 5.74) is 16.0. The minimum absolute atomic E-state index is 0.0469. The van der Waals surface area contributed by atoms with Gasteiger partial charge in [-0.15, -0.1) is 0 Å². The summed E-state index contributed by atoms with van der Waals surface area (Å²) in [4.78, 5) is 63.2. The fourth-order valence-corrected chi connectivity index (χ4v) is 2.45. The van der Waals surface area contributed by atoms with Crippen LogP contribution in [0.2, 0.25) is 0 Å². The van der Waals surface area contributed by atoms with Crippen molar-refractivity contribution in [3.63, 3.8) is 0 Å².